The van der Waals surface area contributed by atoms with Crippen LogP contribution in [0.1, 0.15) is 16.8 Å². The van der Waals surface area contributed by atoms with Crippen LogP contribution in [0.5, 0.6) is 11.5 Å². The zero-order chi connectivity index (χ0) is 19.2. The number of ether oxygens (including phenoxy) is 3. The maximum atomic E-state index is 12.4. The lowest BCUT2D eigenvalue weighted by Gasteiger charge is -2.09. The van der Waals surface area contributed by atoms with Gasteiger partial charge in [-0.1, -0.05) is 12.1 Å². The summed E-state index contributed by atoms with van der Waals surface area (Å²) in [4.78, 5) is 28.9. The van der Waals surface area contributed by atoms with E-state index in [1.807, 2.05) is 6.07 Å². The Kier molecular flexibility index (Phi) is 5.71. The third kappa shape index (κ3) is 4.25. The van der Waals surface area contributed by atoms with Gasteiger partial charge in [0.2, 0.25) is 0 Å². The first-order valence-corrected chi connectivity index (χ1v) is 8.47. The Hall–Kier alpha value is -3.35. The Balaban J connectivity index is 1.60. The minimum Gasteiger partial charge on any atom is -0.497 e. The van der Waals surface area contributed by atoms with Gasteiger partial charge >= 0.3 is 5.97 Å². The van der Waals surface area contributed by atoms with Gasteiger partial charge in [0, 0.05) is 12.6 Å². The molecular formula is C20H20N2O5. The van der Waals surface area contributed by atoms with Gasteiger partial charge in [-0.25, -0.2) is 9.78 Å². The van der Waals surface area contributed by atoms with Crippen molar-refractivity contribution in [3.63, 3.8) is 0 Å². The standard InChI is InChI=1S/C20H20N2O5/c1-25-15-10-14(11-16(12-15)26-2)20(24)27-9-5-8-22-13-21-18-7-4-3-6-17(18)19(22)23/h3-4,6-7,10-13H,5,8-9H2,1-2H3. The highest BCUT2D eigenvalue weighted by Gasteiger charge is 2.11. The largest absolute Gasteiger partial charge is 0.497 e. The molecule has 0 saturated heterocycles. The molecule has 27 heavy (non-hydrogen) atoms. The Labute approximate surface area is 156 Å². The lowest BCUT2D eigenvalue weighted by atomic mass is 10.2. The summed E-state index contributed by atoms with van der Waals surface area (Å²) >= 11 is 0. The van der Waals surface area contributed by atoms with E-state index >= 15 is 0 Å². The van der Waals surface area contributed by atoms with Crippen molar-refractivity contribution in [3.8, 4) is 11.5 Å². The molecule has 0 fully saturated rings. The SMILES string of the molecule is COc1cc(OC)cc(C(=O)OCCCn2cnc3ccccc3c2=O)c1. The molecule has 7 heteroatoms. The Morgan fingerprint density at radius 2 is 1.78 bits per heavy atom. The van der Waals surface area contributed by atoms with Crippen molar-refractivity contribution in [2.24, 2.45) is 0 Å². The third-order valence-corrected chi connectivity index (χ3v) is 4.10. The molecule has 0 N–H and O–H groups in total. The highest BCUT2D eigenvalue weighted by molar-refractivity contribution is 5.90. The zero-order valence-electron chi connectivity index (χ0n) is 15.2. The highest BCUT2D eigenvalue weighted by Crippen LogP contribution is 2.23. The number of aromatic nitrogens is 2. The zero-order valence-corrected chi connectivity index (χ0v) is 15.2. The van der Waals surface area contributed by atoms with E-state index in [4.69, 9.17) is 14.2 Å². The van der Waals surface area contributed by atoms with Gasteiger partial charge in [0.15, 0.2) is 0 Å². The van der Waals surface area contributed by atoms with Crippen LogP contribution in [0.3, 0.4) is 0 Å². The lowest BCUT2D eigenvalue weighted by molar-refractivity contribution is 0.0495. The quantitative estimate of drug-likeness (QED) is 0.471. The van der Waals surface area contributed by atoms with Crippen LogP contribution >= 0.6 is 0 Å². The van der Waals surface area contributed by atoms with Gasteiger partial charge in [0.1, 0.15) is 11.5 Å². The van der Waals surface area contributed by atoms with Crippen LogP contribution < -0.4 is 15.0 Å². The number of hydrogen-bond donors (Lipinski definition) is 0. The molecule has 1 heterocycles. The number of carbonyl (C=O) groups excluding carboxylic acids is 1. The molecule has 0 spiro atoms. The molecule has 2 aromatic carbocycles. The Morgan fingerprint density at radius 3 is 2.48 bits per heavy atom. The summed E-state index contributed by atoms with van der Waals surface area (Å²) in [6.45, 7) is 0.586. The van der Waals surface area contributed by atoms with Crippen LogP contribution in [-0.2, 0) is 11.3 Å². The van der Waals surface area contributed by atoms with Crippen molar-refractivity contribution in [1.82, 2.24) is 9.55 Å². The number of benzene rings is 2. The van der Waals surface area contributed by atoms with Gasteiger partial charge in [-0.3, -0.25) is 9.36 Å². The van der Waals surface area contributed by atoms with Crippen LogP contribution in [0.15, 0.2) is 53.6 Å². The third-order valence-electron chi connectivity index (χ3n) is 4.10. The molecule has 0 atom stereocenters. The smallest absolute Gasteiger partial charge is 0.338 e. The molecule has 0 saturated carbocycles. The van der Waals surface area contributed by atoms with Crippen molar-refractivity contribution in [1.29, 1.82) is 0 Å². The van der Waals surface area contributed by atoms with Crippen LogP contribution in [0.4, 0.5) is 0 Å². The van der Waals surface area contributed by atoms with E-state index in [0.29, 0.717) is 40.9 Å². The van der Waals surface area contributed by atoms with E-state index < -0.39 is 5.97 Å². The first-order chi connectivity index (χ1) is 13.1. The number of carbonyl (C=O) groups is 1. The Morgan fingerprint density at radius 1 is 1.07 bits per heavy atom. The molecule has 0 bridgehead atoms. The van der Waals surface area contributed by atoms with Crippen molar-refractivity contribution >= 4 is 16.9 Å². The van der Waals surface area contributed by atoms with Gasteiger partial charge in [-0.15, -0.1) is 0 Å². The average molecular weight is 368 g/mol. The van der Waals surface area contributed by atoms with E-state index in [-0.39, 0.29) is 12.2 Å². The van der Waals surface area contributed by atoms with Gasteiger partial charge in [-0.2, -0.15) is 0 Å². The molecule has 3 aromatic rings. The number of aryl methyl sites for hydroxylation is 1. The summed E-state index contributed by atoms with van der Waals surface area (Å²) in [5.41, 5.74) is 0.900. The fourth-order valence-electron chi connectivity index (χ4n) is 2.67. The van der Waals surface area contributed by atoms with E-state index in [0.717, 1.165) is 0 Å². The predicted molar refractivity (Wildman–Crippen MR) is 100 cm³/mol. The minimum atomic E-state index is -0.476. The average Bonchev–Trinajstić information content (AvgIpc) is 2.72. The van der Waals surface area contributed by atoms with Crippen LogP contribution in [0.25, 0.3) is 10.9 Å². The molecule has 140 valence electrons. The second kappa shape index (κ2) is 8.35. The first kappa shape index (κ1) is 18.4. The van der Waals surface area contributed by atoms with Gasteiger partial charge < -0.3 is 14.2 Å². The lowest BCUT2D eigenvalue weighted by Crippen LogP contribution is -2.21. The number of hydrogen-bond acceptors (Lipinski definition) is 6. The topological polar surface area (TPSA) is 79.7 Å². The summed E-state index contributed by atoms with van der Waals surface area (Å²) in [5, 5.41) is 0.570. The fourth-order valence-corrected chi connectivity index (χ4v) is 2.67. The molecule has 0 aliphatic carbocycles. The molecule has 0 amide bonds. The van der Waals surface area contributed by atoms with Crippen molar-refractivity contribution in [3.05, 3.63) is 64.7 Å². The summed E-state index contributed by atoms with van der Waals surface area (Å²) in [6.07, 6.45) is 2.01. The van der Waals surface area contributed by atoms with Crippen molar-refractivity contribution < 1.29 is 19.0 Å². The first-order valence-electron chi connectivity index (χ1n) is 8.47. The monoisotopic (exact) mass is 368 g/mol. The van der Waals surface area contributed by atoms with Crippen LogP contribution in [0, 0.1) is 0 Å². The number of fused-ring (bicyclic) bond motifs is 1. The van der Waals surface area contributed by atoms with E-state index in [9.17, 15) is 9.59 Å². The number of esters is 1. The number of para-hydroxylation sites is 1. The van der Waals surface area contributed by atoms with Gasteiger partial charge in [0.25, 0.3) is 5.56 Å². The summed E-state index contributed by atoms with van der Waals surface area (Å²) in [6, 6.07) is 12.0. The molecule has 7 nitrogen and oxygen atoms in total. The highest BCUT2D eigenvalue weighted by atomic mass is 16.5. The van der Waals surface area contributed by atoms with Crippen molar-refractivity contribution in [2.75, 3.05) is 20.8 Å². The van der Waals surface area contributed by atoms with E-state index in [2.05, 4.69) is 4.98 Å². The summed E-state index contributed by atoms with van der Waals surface area (Å²) < 4.78 is 17.1. The maximum Gasteiger partial charge on any atom is 0.338 e. The summed E-state index contributed by atoms with van der Waals surface area (Å²) in [7, 11) is 3.03. The van der Waals surface area contributed by atoms with E-state index in [1.165, 1.54) is 25.1 Å². The molecular weight excluding hydrogens is 348 g/mol. The Bertz CT molecular complexity index is 990. The summed E-state index contributed by atoms with van der Waals surface area (Å²) in [5.74, 6) is 0.543. The van der Waals surface area contributed by atoms with Gasteiger partial charge in [0.05, 0.1) is 43.6 Å². The number of rotatable bonds is 7. The van der Waals surface area contributed by atoms with Crippen molar-refractivity contribution in [2.45, 2.75) is 13.0 Å². The molecule has 1 aromatic heterocycles. The van der Waals surface area contributed by atoms with Crippen LogP contribution in [0.2, 0.25) is 0 Å². The second-order valence-corrected chi connectivity index (χ2v) is 5.85. The van der Waals surface area contributed by atoms with Gasteiger partial charge in [-0.05, 0) is 30.7 Å². The molecule has 0 aliphatic heterocycles. The molecule has 0 radical (unpaired) electrons. The number of nitrogens with zero attached hydrogens (tertiary/aromatic N) is 2. The normalized spacial score (nSPS) is 10.6. The minimum absolute atomic E-state index is 0.107. The molecule has 3 rings (SSSR count). The number of methoxy groups -OCH3 is 2. The predicted octanol–water partition coefficient (Wildman–Crippen LogP) is 2.66. The molecule has 0 aliphatic rings. The fraction of sp³-hybridized carbons (Fsp3) is 0.250. The maximum absolute atomic E-state index is 12.4. The van der Waals surface area contributed by atoms with Crippen LogP contribution in [-0.4, -0.2) is 36.3 Å². The second-order valence-electron chi connectivity index (χ2n) is 5.85. The van der Waals surface area contributed by atoms with E-state index in [1.54, 1.807) is 36.4 Å². The molecule has 0 unspecified atom stereocenters.